The van der Waals surface area contributed by atoms with Gasteiger partial charge in [-0.1, -0.05) is 0 Å². The van der Waals surface area contributed by atoms with Gasteiger partial charge in [0.15, 0.2) is 5.69 Å². The Balaban J connectivity index is 2.31. The van der Waals surface area contributed by atoms with Crippen LogP contribution in [0.4, 0.5) is 5.82 Å². The highest BCUT2D eigenvalue weighted by Gasteiger charge is 2.33. The molecule has 1 aliphatic rings. The van der Waals surface area contributed by atoms with Gasteiger partial charge in [0.1, 0.15) is 11.9 Å². The smallest absolute Gasteiger partial charge is 0.358 e. The number of hydrogen-bond donors (Lipinski definition) is 2. The maximum atomic E-state index is 11.8. The third kappa shape index (κ3) is 3.25. The van der Waals surface area contributed by atoms with Crippen molar-refractivity contribution in [2.24, 2.45) is 0 Å². The average molecular weight is 294 g/mol. The number of nitrogens with one attached hydrogen (secondary N) is 1. The predicted octanol–water partition coefficient (Wildman–Crippen LogP) is -0.957. The Kier molecular flexibility index (Phi) is 4.31. The van der Waals surface area contributed by atoms with E-state index in [9.17, 15) is 14.4 Å². The number of ether oxygens (including phenoxy) is 1. The summed E-state index contributed by atoms with van der Waals surface area (Å²) in [6.45, 7) is 0.738. The molecule has 0 spiro atoms. The van der Waals surface area contributed by atoms with Crippen LogP contribution in [0.3, 0.4) is 0 Å². The number of amides is 1. The number of anilines is 1. The predicted molar refractivity (Wildman–Crippen MR) is 69.8 cm³/mol. The Morgan fingerprint density at radius 3 is 2.95 bits per heavy atom. The van der Waals surface area contributed by atoms with Gasteiger partial charge in [-0.3, -0.25) is 14.6 Å². The van der Waals surface area contributed by atoms with Crippen molar-refractivity contribution in [3.8, 4) is 0 Å². The number of piperazine rings is 1. The Morgan fingerprint density at radius 1 is 1.52 bits per heavy atom. The molecule has 1 fully saturated rings. The number of esters is 1. The van der Waals surface area contributed by atoms with Crippen LogP contribution in [0.5, 0.6) is 0 Å². The van der Waals surface area contributed by atoms with E-state index >= 15 is 0 Å². The highest BCUT2D eigenvalue weighted by Crippen LogP contribution is 2.18. The maximum Gasteiger partial charge on any atom is 0.358 e. The molecule has 2 rings (SSSR count). The molecule has 21 heavy (non-hydrogen) atoms. The second-order valence-corrected chi connectivity index (χ2v) is 4.35. The topological polar surface area (TPSA) is 122 Å². The van der Waals surface area contributed by atoms with Crippen LogP contribution in [0.2, 0.25) is 0 Å². The van der Waals surface area contributed by atoms with Gasteiger partial charge in [-0.25, -0.2) is 9.78 Å². The molecule has 0 saturated carbocycles. The first-order chi connectivity index (χ1) is 10.0. The summed E-state index contributed by atoms with van der Waals surface area (Å²) in [7, 11) is 1.22. The van der Waals surface area contributed by atoms with Crippen LogP contribution in [0.1, 0.15) is 16.9 Å². The van der Waals surface area contributed by atoms with Gasteiger partial charge in [-0.05, 0) is 0 Å². The van der Waals surface area contributed by atoms with Crippen molar-refractivity contribution in [3.63, 3.8) is 0 Å². The van der Waals surface area contributed by atoms with Crippen molar-refractivity contribution in [1.29, 1.82) is 0 Å². The third-order valence-electron chi connectivity index (χ3n) is 3.01. The summed E-state index contributed by atoms with van der Waals surface area (Å²) in [5, 5.41) is 11.5. The van der Waals surface area contributed by atoms with Crippen LogP contribution in [0, 0.1) is 0 Å². The lowest BCUT2D eigenvalue weighted by Gasteiger charge is -2.34. The van der Waals surface area contributed by atoms with Crippen molar-refractivity contribution in [1.82, 2.24) is 15.3 Å². The average Bonchev–Trinajstić information content (AvgIpc) is 2.48. The number of hydrogen-bond acceptors (Lipinski definition) is 7. The molecule has 2 heterocycles. The number of nitrogens with zero attached hydrogens (tertiary/aromatic N) is 3. The van der Waals surface area contributed by atoms with Crippen LogP contribution in [-0.4, -0.2) is 59.2 Å². The fourth-order valence-electron chi connectivity index (χ4n) is 2.05. The SMILES string of the molecule is COC(=O)c1cncc(N2CCNC(=O)C2CC(=O)O)n1. The first-order valence-electron chi connectivity index (χ1n) is 6.19. The zero-order chi connectivity index (χ0) is 15.4. The fourth-order valence-corrected chi connectivity index (χ4v) is 2.05. The highest BCUT2D eigenvalue weighted by molar-refractivity contribution is 5.90. The molecule has 1 aliphatic heterocycles. The first-order valence-corrected chi connectivity index (χ1v) is 6.19. The van der Waals surface area contributed by atoms with Crippen LogP contribution in [0.15, 0.2) is 12.4 Å². The minimum Gasteiger partial charge on any atom is -0.481 e. The summed E-state index contributed by atoms with van der Waals surface area (Å²) < 4.78 is 4.56. The van der Waals surface area contributed by atoms with Crippen molar-refractivity contribution in [2.45, 2.75) is 12.5 Å². The minimum absolute atomic E-state index is 0.00458. The summed E-state index contributed by atoms with van der Waals surface area (Å²) in [5.41, 5.74) is -0.00458. The van der Waals surface area contributed by atoms with Gasteiger partial charge in [0.2, 0.25) is 5.91 Å². The number of aliphatic carboxylic acids is 1. The Bertz CT molecular complexity index is 577. The van der Waals surface area contributed by atoms with Crippen LogP contribution >= 0.6 is 0 Å². The zero-order valence-electron chi connectivity index (χ0n) is 11.3. The van der Waals surface area contributed by atoms with Gasteiger partial charge in [-0.2, -0.15) is 0 Å². The lowest BCUT2D eigenvalue weighted by Crippen LogP contribution is -2.56. The molecular formula is C12H14N4O5. The number of methoxy groups -OCH3 is 1. The molecule has 0 aliphatic carbocycles. The van der Waals surface area contributed by atoms with Crippen LogP contribution in [-0.2, 0) is 14.3 Å². The standard InChI is InChI=1S/C12H14N4O5/c1-21-12(20)7-5-13-6-9(15-7)16-3-2-14-11(19)8(16)4-10(17)18/h5-6,8H,2-4H2,1H3,(H,14,19)(H,17,18). The van der Waals surface area contributed by atoms with E-state index in [-0.39, 0.29) is 17.9 Å². The minimum atomic E-state index is -1.10. The van der Waals surface area contributed by atoms with E-state index in [0.29, 0.717) is 13.1 Å². The molecule has 1 unspecified atom stereocenters. The van der Waals surface area contributed by atoms with Crippen molar-refractivity contribution >= 4 is 23.7 Å². The third-order valence-corrected chi connectivity index (χ3v) is 3.01. The molecule has 1 saturated heterocycles. The Labute approximate surface area is 119 Å². The number of carboxylic acid groups (broad SMARTS) is 1. The van der Waals surface area contributed by atoms with Crippen LogP contribution in [0.25, 0.3) is 0 Å². The van der Waals surface area contributed by atoms with Gasteiger partial charge in [0.25, 0.3) is 0 Å². The molecule has 2 N–H and O–H groups in total. The maximum absolute atomic E-state index is 11.8. The van der Waals surface area contributed by atoms with Gasteiger partial charge in [0, 0.05) is 13.1 Å². The highest BCUT2D eigenvalue weighted by atomic mass is 16.5. The zero-order valence-corrected chi connectivity index (χ0v) is 11.3. The molecule has 0 bridgehead atoms. The molecular weight excluding hydrogens is 280 g/mol. The molecule has 9 heteroatoms. The number of rotatable bonds is 4. The van der Waals surface area contributed by atoms with Crippen LogP contribution < -0.4 is 10.2 Å². The molecule has 1 aromatic rings. The summed E-state index contributed by atoms with van der Waals surface area (Å²) in [6.07, 6.45) is 2.25. The van der Waals surface area contributed by atoms with Gasteiger partial charge in [-0.15, -0.1) is 0 Å². The quantitative estimate of drug-likeness (QED) is 0.681. The molecule has 112 valence electrons. The monoisotopic (exact) mass is 294 g/mol. The van der Waals surface area contributed by atoms with E-state index in [1.54, 1.807) is 0 Å². The Morgan fingerprint density at radius 2 is 2.29 bits per heavy atom. The van der Waals surface area contributed by atoms with E-state index < -0.39 is 23.9 Å². The summed E-state index contributed by atoms with van der Waals surface area (Å²) in [4.78, 5) is 43.7. The molecule has 1 atom stereocenters. The first kappa shape index (κ1) is 14.7. The van der Waals surface area contributed by atoms with E-state index in [0.717, 1.165) is 0 Å². The summed E-state index contributed by atoms with van der Waals surface area (Å²) >= 11 is 0. The molecule has 1 aromatic heterocycles. The fraction of sp³-hybridized carbons (Fsp3) is 0.417. The second kappa shape index (κ2) is 6.16. The molecule has 1 amide bonds. The van der Waals surface area contributed by atoms with Crippen molar-refractivity contribution in [3.05, 3.63) is 18.1 Å². The van der Waals surface area contributed by atoms with E-state index in [1.165, 1.54) is 24.4 Å². The van der Waals surface area contributed by atoms with Crippen molar-refractivity contribution < 1.29 is 24.2 Å². The second-order valence-electron chi connectivity index (χ2n) is 4.35. The molecule has 9 nitrogen and oxygen atoms in total. The number of carbonyl (C=O) groups excluding carboxylic acids is 2. The van der Waals surface area contributed by atoms with E-state index in [4.69, 9.17) is 5.11 Å². The number of aromatic nitrogens is 2. The molecule has 0 radical (unpaired) electrons. The summed E-state index contributed by atoms with van der Waals surface area (Å²) in [6, 6.07) is -0.890. The van der Waals surface area contributed by atoms with E-state index in [1.807, 2.05) is 0 Å². The van der Waals surface area contributed by atoms with Gasteiger partial charge >= 0.3 is 11.9 Å². The van der Waals surface area contributed by atoms with Gasteiger partial charge < -0.3 is 20.1 Å². The lowest BCUT2D eigenvalue weighted by atomic mass is 10.1. The lowest BCUT2D eigenvalue weighted by molar-refractivity contribution is -0.139. The Hall–Kier alpha value is -2.71. The number of carboxylic acids is 1. The van der Waals surface area contributed by atoms with Crippen molar-refractivity contribution in [2.75, 3.05) is 25.1 Å². The van der Waals surface area contributed by atoms with Gasteiger partial charge in [0.05, 0.1) is 25.9 Å². The summed E-state index contributed by atoms with van der Waals surface area (Å²) in [5.74, 6) is -1.88. The molecule has 0 aromatic carbocycles. The van der Waals surface area contributed by atoms with E-state index in [2.05, 4.69) is 20.0 Å². The number of carbonyl (C=O) groups is 3. The largest absolute Gasteiger partial charge is 0.481 e. The normalized spacial score (nSPS) is 18.0.